The fraction of sp³-hybridized carbons (Fsp3) is 0.143. The van der Waals surface area contributed by atoms with Gasteiger partial charge in [-0.2, -0.15) is 5.10 Å². The number of hydrogen-bond acceptors (Lipinski definition) is 5. The van der Waals surface area contributed by atoms with Gasteiger partial charge in [0.15, 0.2) is 6.61 Å². The summed E-state index contributed by atoms with van der Waals surface area (Å²) in [7, 11) is 0. The Bertz CT molecular complexity index is 1300. The lowest BCUT2D eigenvalue weighted by Crippen LogP contribution is -2.20. The molecule has 1 amide bonds. The number of hydrogen-bond donors (Lipinski definition) is 3. The molecule has 2 aromatic heterocycles. The van der Waals surface area contributed by atoms with Crippen LogP contribution in [-0.4, -0.2) is 38.2 Å². The minimum atomic E-state index is -0.601. The van der Waals surface area contributed by atoms with Gasteiger partial charge in [-0.1, -0.05) is 0 Å². The van der Waals surface area contributed by atoms with Gasteiger partial charge in [-0.3, -0.25) is 4.79 Å². The number of amides is 1. The lowest BCUT2D eigenvalue weighted by molar-refractivity contribution is -0.119. The van der Waals surface area contributed by atoms with Crippen molar-refractivity contribution in [1.82, 2.24) is 19.7 Å². The molecule has 0 unspecified atom stereocenters. The van der Waals surface area contributed by atoms with Crippen molar-refractivity contribution in [2.24, 2.45) is 0 Å². The first-order valence-corrected chi connectivity index (χ1v) is 9.22. The maximum Gasteiger partial charge on any atom is 0.338 e. The lowest BCUT2D eigenvalue weighted by atomic mass is 10.2. The van der Waals surface area contributed by atoms with Crippen LogP contribution in [0.2, 0.25) is 0 Å². The van der Waals surface area contributed by atoms with Gasteiger partial charge in [0.2, 0.25) is 0 Å². The van der Waals surface area contributed by atoms with Crippen molar-refractivity contribution in [1.29, 1.82) is 0 Å². The number of aromatic amines is 2. The first-order valence-electron chi connectivity index (χ1n) is 9.22. The van der Waals surface area contributed by atoms with Crippen LogP contribution in [0.15, 0.2) is 53.3 Å². The minimum absolute atomic E-state index is 0.328. The summed E-state index contributed by atoms with van der Waals surface area (Å²) in [5.74, 6) is -1.09. The van der Waals surface area contributed by atoms with E-state index in [-0.39, 0.29) is 5.69 Å². The average Bonchev–Trinajstić information content (AvgIpc) is 3.26. The van der Waals surface area contributed by atoms with E-state index in [0.29, 0.717) is 22.3 Å². The number of benzene rings is 2. The first kappa shape index (κ1) is 19.2. The van der Waals surface area contributed by atoms with Crippen LogP contribution in [-0.2, 0) is 9.53 Å². The molecule has 30 heavy (non-hydrogen) atoms. The van der Waals surface area contributed by atoms with Gasteiger partial charge in [0.05, 0.1) is 28.0 Å². The molecule has 0 spiro atoms. The molecule has 0 radical (unpaired) electrons. The Morgan fingerprint density at radius 3 is 2.47 bits per heavy atom. The number of anilines is 1. The highest BCUT2D eigenvalue weighted by atomic mass is 16.5. The number of imidazole rings is 1. The van der Waals surface area contributed by atoms with E-state index in [1.54, 1.807) is 47.1 Å². The molecule has 0 saturated heterocycles. The third-order valence-electron chi connectivity index (χ3n) is 4.49. The Morgan fingerprint density at radius 2 is 1.77 bits per heavy atom. The second-order valence-electron chi connectivity index (χ2n) is 6.85. The molecule has 9 nitrogen and oxygen atoms in total. The highest BCUT2D eigenvalue weighted by Crippen LogP contribution is 2.15. The van der Waals surface area contributed by atoms with Crippen LogP contribution in [0, 0.1) is 13.8 Å². The molecule has 2 aromatic carbocycles. The van der Waals surface area contributed by atoms with Crippen LogP contribution >= 0.6 is 0 Å². The average molecular weight is 405 g/mol. The number of aromatic nitrogens is 4. The van der Waals surface area contributed by atoms with E-state index in [0.717, 1.165) is 17.1 Å². The molecule has 0 aliphatic heterocycles. The van der Waals surface area contributed by atoms with Crippen LogP contribution in [0.4, 0.5) is 5.69 Å². The summed E-state index contributed by atoms with van der Waals surface area (Å²) in [4.78, 5) is 40.8. The summed E-state index contributed by atoms with van der Waals surface area (Å²) < 4.78 is 6.87. The summed E-state index contributed by atoms with van der Waals surface area (Å²) in [6.45, 7) is 3.43. The van der Waals surface area contributed by atoms with E-state index in [1.807, 2.05) is 19.9 Å². The van der Waals surface area contributed by atoms with Gasteiger partial charge in [0, 0.05) is 11.4 Å². The molecule has 0 aliphatic carbocycles. The molecule has 4 rings (SSSR count). The van der Waals surface area contributed by atoms with E-state index in [9.17, 15) is 14.4 Å². The number of carbonyl (C=O) groups is 2. The van der Waals surface area contributed by atoms with Gasteiger partial charge >= 0.3 is 11.7 Å². The second kappa shape index (κ2) is 7.70. The molecular formula is C21H19N5O4. The molecule has 0 bridgehead atoms. The Morgan fingerprint density at radius 1 is 1.03 bits per heavy atom. The van der Waals surface area contributed by atoms with Crippen molar-refractivity contribution < 1.29 is 14.3 Å². The standard InChI is InChI=1S/C21H19N5O4/c1-12-9-13(2)26(25-12)16-6-3-14(4-7-16)20(28)30-11-19(27)22-15-5-8-17-18(10-15)24-21(29)23-17/h3-10H,11H2,1-2H3,(H,22,27)(H2,23,24,29). The van der Waals surface area contributed by atoms with Gasteiger partial charge < -0.3 is 20.0 Å². The molecular weight excluding hydrogens is 386 g/mol. The number of nitrogens with one attached hydrogen (secondary N) is 3. The highest BCUT2D eigenvalue weighted by Gasteiger charge is 2.12. The van der Waals surface area contributed by atoms with E-state index in [2.05, 4.69) is 20.4 Å². The number of fused-ring (bicyclic) bond motifs is 1. The Balaban J connectivity index is 1.35. The molecule has 3 N–H and O–H groups in total. The Hall–Kier alpha value is -4.14. The Kier molecular flexibility index (Phi) is 4.93. The summed E-state index contributed by atoms with van der Waals surface area (Å²) in [5, 5.41) is 7.03. The lowest BCUT2D eigenvalue weighted by Gasteiger charge is -2.08. The van der Waals surface area contributed by atoms with Gasteiger partial charge in [0.1, 0.15) is 0 Å². The zero-order chi connectivity index (χ0) is 21.3. The fourth-order valence-corrected chi connectivity index (χ4v) is 3.15. The molecule has 0 saturated carbocycles. The quantitative estimate of drug-likeness (QED) is 0.440. The molecule has 4 aromatic rings. The topological polar surface area (TPSA) is 122 Å². The predicted octanol–water partition coefficient (Wildman–Crippen LogP) is 2.45. The van der Waals surface area contributed by atoms with Gasteiger partial charge in [-0.05, 0) is 62.4 Å². The third kappa shape index (κ3) is 4.00. The maximum atomic E-state index is 12.2. The van der Waals surface area contributed by atoms with Crippen molar-refractivity contribution in [3.8, 4) is 5.69 Å². The molecule has 152 valence electrons. The van der Waals surface area contributed by atoms with Crippen molar-refractivity contribution in [3.63, 3.8) is 0 Å². The molecule has 0 atom stereocenters. The van der Waals surface area contributed by atoms with Crippen molar-refractivity contribution in [3.05, 3.63) is 76.0 Å². The number of carbonyl (C=O) groups excluding carboxylic acids is 2. The second-order valence-corrected chi connectivity index (χ2v) is 6.85. The van der Waals surface area contributed by atoms with Crippen LogP contribution in [0.1, 0.15) is 21.7 Å². The molecule has 9 heteroatoms. The Labute approximate surface area is 170 Å². The smallest absolute Gasteiger partial charge is 0.338 e. The number of esters is 1. The summed E-state index contributed by atoms with van der Waals surface area (Å²) in [5.41, 5.74) is 4.41. The number of rotatable bonds is 5. The zero-order valence-corrected chi connectivity index (χ0v) is 16.4. The number of ether oxygens (including phenoxy) is 1. The van der Waals surface area contributed by atoms with Gasteiger partial charge in [-0.25, -0.2) is 14.3 Å². The number of H-pyrrole nitrogens is 2. The van der Waals surface area contributed by atoms with Gasteiger partial charge in [-0.15, -0.1) is 0 Å². The maximum absolute atomic E-state index is 12.2. The van der Waals surface area contributed by atoms with Crippen LogP contribution < -0.4 is 11.0 Å². The van der Waals surface area contributed by atoms with E-state index in [4.69, 9.17) is 4.74 Å². The summed E-state index contributed by atoms with van der Waals surface area (Å²) in [6, 6.07) is 13.7. The third-order valence-corrected chi connectivity index (χ3v) is 4.49. The van der Waals surface area contributed by atoms with E-state index in [1.165, 1.54) is 0 Å². The summed E-state index contributed by atoms with van der Waals surface area (Å²) >= 11 is 0. The highest BCUT2D eigenvalue weighted by molar-refractivity contribution is 5.96. The minimum Gasteiger partial charge on any atom is -0.452 e. The van der Waals surface area contributed by atoms with Crippen LogP contribution in [0.3, 0.4) is 0 Å². The van der Waals surface area contributed by atoms with Crippen molar-refractivity contribution >= 4 is 28.6 Å². The molecule has 0 aliphatic rings. The largest absolute Gasteiger partial charge is 0.452 e. The fourth-order valence-electron chi connectivity index (χ4n) is 3.15. The first-order chi connectivity index (χ1) is 14.4. The van der Waals surface area contributed by atoms with E-state index >= 15 is 0 Å². The van der Waals surface area contributed by atoms with Crippen molar-refractivity contribution in [2.75, 3.05) is 11.9 Å². The number of aryl methyl sites for hydroxylation is 2. The molecule has 0 fully saturated rings. The van der Waals surface area contributed by atoms with Crippen LogP contribution in [0.5, 0.6) is 0 Å². The van der Waals surface area contributed by atoms with Gasteiger partial charge in [0.25, 0.3) is 5.91 Å². The molecule has 2 heterocycles. The number of nitrogens with zero attached hydrogens (tertiary/aromatic N) is 2. The predicted molar refractivity (Wildman–Crippen MR) is 111 cm³/mol. The van der Waals surface area contributed by atoms with Crippen LogP contribution in [0.25, 0.3) is 16.7 Å². The zero-order valence-electron chi connectivity index (χ0n) is 16.4. The van der Waals surface area contributed by atoms with Crippen molar-refractivity contribution in [2.45, 2.75) is 13.8 Å². The normalized spacial score (nSPS) is 10.9. The SMILES string of the molecule is Cc1cc(C)n(-c2ccc(C(=O)OCC(=O)Nc3ccc4[nH]c(=O)[nH]c4c3)cc2)n1. The van der Waals surface area contributed by atoms with E-state index < -0.39 is 18.5 Å². The summed E-state index contributed by atoms with van der Waals surface area (Å²) in [6.07, 6.45) is 0. The monoisotopic (exact) mass is 405 g/mol.